The number of nitrogens with one attached hydrogen (secondary N) is 1. The van der Waals surface area contributed by atoms with Crippen LogP contribution in [0.3, 0.4) is 0 Å². The quantitative estimate of drug-likeness (QED) is 0.395. The van der Waals surface area contributed by atoms with Gasteiger partial charge in [0.2, 0.25) is 5.91 Å². The molecule has 0 saturated carbocycles. The van der Waals surface area contributed by atoms with Gasteiger partial charge in [0, 0.05) is 11.4 Å². The molecule has 0 atom stereocenters. The molecule has 0 aliphatic rings. The van der Waals surface area contributed by atoms with Crippen LogP contribution in [0.5, 0.6) is 5.75 Å². The summed E-state index contributed by atoms with van der Waals surface area (Å²) in [6, 6.07) is 20.8. The molecule has 0 aliphatic carbocycles. The molecule has 6 nitrogen and oxygen atoms in total. The lowest BCUT2D eigenvalue weighted by molar-refractivity contribution is -0.113. The zero-order valence-electron chi connectivity index (χ0n) is 18.2. The number of hydrogen-bond acceptors (Lipinski definition) is 5. The monoisotopic (exact) mass is 444 g/mol. The van der Waals surface area contributed by atoms with E-state index in [9.17, 15) is 9.90 Å². The summed E-state index contributed by atoms with van der Waals surface area (Å²) in [4.78, 5) is 12.7. The summed E-state index contributed by atoms with van der Waals surface area (Å²) in [5, 5.41) is 22.6. The van der Waals surface area contributed by atoms with E-state index in [2.05, 4.69) is 27.6 Å². The number of phenols is 1. The lowest BCUT2D eigenvalue weighted by Crippen LogP contribution is -2.16. The average Bonchev–Trinajstić information content (AvgIpc) is 3.19. The van der Waals surface area contributed by atoms with Crippen molar-refractivity contribution >= 4 is 23.4 Å². The first-order valence-electron chi connectivity index (χ1n) is 10.2. The molecule has 2 N–H and O–H groups in total. The summed E-state index contributed by atoms with van der Waals surface area (Å²) < 4.78 is 1.86. The van der Waals surface area contributed by atoms with E-state index in [4.69, 9.17) is 0 Å². The van der Waals surface area contributed by atoms with Crippen molar-refractivity contribution in [2.75, 3.05) is 11.1 Å². The average molecular weight is 445 g/mol. The SMILES string of the molecule is Cc1cc(C)c(NC(=O)CSc2nnc(-c3ccccc3O)n2-c2ccccc2)c(C)c1. The number of hydrogen-bond donors (Lipinski definition) is 2. The van der Waals surface area contributed by atoms with Crippen LogP contribution in [0.1, 0.15) is 16.7 Å². The highest BCUT2D eigenvalue weighted by molar-refractivity contribution is 7.99. The molecule has 4 aromatic rings. The number of rotatable bonds is 6. The summed E-state index contributed by atoms with van der Waals surface area (Å²) in [7, 11) is 0. The topological polar surface area (TPSA) is 80.0 Å². The Balaban J connectivity index is 1.61. The van der Waals surface area contributed by atoms with Crippen LogP contribution in [-0.4, -0.2) is 31.5 Å². The number of aryl methyl sites for hydroxylation is 3. The number of carbonyl (C=O) groups is 1. The largest absolute Gasteiger partial charge is 0.507 e. The zero-order valence-corrected chi connectivity index (χ0v) is 19.0. The number of benzene rings is 3. The smallest absolute Gasteiger partial charge is 0.234 e. The molecule has 0 aliphatic heterocycles. The van der Waals surface area contributed by atoms with Gasteiger partial charge in [-0.25, -0.2) is 0 Å². The third-order valence-corrected chi connectivity index (χ3v) is 6.00. The minimum atomic E-state index is -0.114. The van der Waals surface area contributed by atoms with Crippen LogP contribution in [0.4, 0.5) is 5.69 Å². The lowest BCUT2D eigenvalue weighted by atomic mass is 10.1. The zero-order chi connectivity index (χ0) is 22.7. The van der Waals surface area contributed by atoms with Crippen molar-refractivity contribution in [1.29, 1.82) is 0 Å². The Hall–Kier alpha value is -3.58. The van der Waals surface area contributed by atoms with Gasteiger partial charge in [0.15, 0.2) is 11.0 Å². The molecule has 4 rings (SSSR count). The summed E-state index contributed by atoms with van der Waals surface area (Å²) in [5.41, 5.74) is 5.51. The highest BCUT2D eigenvalue weighted by Crippen LogP contribution is 2.32. The van der Waals surface area contributed by atoms with Crippen LogP contribution in [0.15, 0.2) is 71.9 Å². The van der Waals surface area contributed by atoms with Gasteiger partial charge in [0.05, 0.1) is 11.3 Å². The molecule has 32 heavy (non-hydrogen) atoms. The molecule has 162 valence electrons. The third kappa shape index (κ3) is 4.53. The number of aromatic hydroxyl groups is 1. The van der Waals surface area contributed by atoms with Crippen molar-refractivity contribution in [2.24, 2.45) is 0 Å². The van der Waals surface area contributed by atoms with E-state index in [1.54, 1.807) is 18.2 Å². The molecule has 1 aromatic heterocycles. The van der Waals surface area contributed by atoms with Gasteiger partial charge in [0.1, 0.15) is 5.75 Å². The molecule has 0 unspecified atom stereocenters. The van der Waals surface area contributed by atoms with E-state index < -0.39 is 0 Å². The Morgan fingerprint density at radius 3 is 2.31 bits per heavy atom. The molecular weight excluding hydrogens is 420 g/mol. The highest BCUT2D eigenvalue weighted by Gasteiger charge is 2.19. The molecular formula is C25H24N4O2S. The Morgan fingerprint density at radius 1 is 0.969 bits per heavy atom. The highest BCUT2D eigenvalue weighted by atomic mass is 32.2. The third-order valence-electron chi connectivity index (χ3n) is 5.07. The van der Waals surface area contributed by atoms with Crippen LogP contribution in [-0.2, 0) is 4.79 Å². The van der Waals surface area contributed by atoms with E-state index >= 15 is 0 Å². The van der Waals surface area contributed by atoms with Gasteiger partial charge >= 0.3 is 0 Å². The van der Waals surface area contributed by atoms with Crippen molar-refractivity contribution in [3.63, 3.8) is 0 Å². The molecule has 1 amide bonds. The molecule has 0 radical (unpaired) electrons. The summed E-state index contributed by atoms with van der Waals surface area (Å²) in [6.45, 7) is 6.03. The Labute approximate surface area is 191 Å². The maximum Gasteiger partial charge on any atom is 0.234 e. The normalized spacial score (nSPS) is 10.8. The van der Waals surface area contributed by atoms with Gasteiger partial charge in [-0.1, -0.05) is 59.8 Å². The van der Waals surface area contributed by atoms with E-state index in [0.717, 1.165) is 22.5 Å². The molecule has 0 saturated heterocycles. The van der Waals surface area contributed by atoms with Crippen molar-refractivity contribution in [3.8, 4) is 22.8 Å². The minimum Gasteiger partial charge on any atom is -0.507 e. The Bertz CT molecular complexity index is 1250. The van der Waals surface area contributed by atoms with Crippen molar-refractivity contribution < 1.29 is 9.90 Å². The number of anilines is 1. The fraction of sp³-hybridized carbons (Fsp3) is 0.160. The summed E-state index contributed by atoms with van der Waals surface area (Å²) in [5.74, 6) is 0.703. The first-order chi connectivity index (χ1) is 15.4. The molecule has 7 heteroatoms. The number of carbonyl (C=O) groups excluding carboxylic acids is 1. The number of amides is 1. The van der Waals surface area contributed by atoms with Crippen LogP contribution < -0.4 is 5.32 Å². The van der Waals surface area contributed by atoms with Crippen LogP contribution in [0.2, 0.25) is 0 Å². The van der Waals surface area contributed by atoms with Crippen molar-refractivity contribution in [2.45, 2.75) is 25.9 Å². The van der Waals surface area contributed by atoms with E-state index in [1.165, 1.54) is 17.3 Å². The predicted molar refractivity (Wildman–Crippen MR) is 128 cm³/mol. The fourth-order valence-electron chi connectivity index (χ4n) is 3.69. The number of thioether (sulfide) groups is 1. The van der Waals surface area contributed by atoms with Gasteiger partial charge in [-0.15, -0.1) is 10.2 Å². The van der Waals surface area contributed by atoms with Gasteiger partial charge < -0.3 is 10.4 Å². The van der Waals surface area contributed by atoms with Crippen LogP contribution in [0.25, 0.3) is 17.1 Å². The second-order valence-electron chi connectivity index (χ2n) is 7.60. The van der Waals surface area contributed by atoms with E-state index in [1.807, 2.05) is 61.7 Å². The fourth-order valence-corrected chi connectivity index (χ4v) is 4.45. The number of para-hydroxylation sites is 2. The van der Waals surface area contributed by atoms with Crippen LogP contribution in [0, 0.1) is 20.8 Å². The molecule has 0 spiro atoms. The predicted octanol–water partition coefficient (Wildman–Crippen LogP) is 5.30. The lowest BCUT2D eigenvalue weighted by Gasteiger charge is -2.13. The van der Waals surface area contributed by atoms with Gasteiger partial charge in [-0.2, -0.15) is 0 Å². The van der Waals surface area contributed by atoms with E-state index in [0.29, 0.717) is 16.5 Å². The van der Waals surface area contributed by atoms with E-state index in [-0.39, 0.29) is 17.4 Å². The maximum absolute atomic E-state index is 12.7. The number of phenolic OH excluding ortho intramolecular Hbond substituents is 1. The second kappa shape index (κ2) is 9.28. The van der Waals surface area contributed by atoms with Crippen LogP contribution >= 0.6 is 11.8 Å². The van der Waals surface area contributed by atoms with Gasteiger partial charge in [0.25, 0.3) is 0 Å². The Kier molecular flexibility index (Phi) is 6.28. The summed E-state index contributed by atoms with van der Waals surface area (Å²) in [6.07, 6.45) is 0. The minimum absolute atomic E-state index is 0.114. The first-order valence-corrected chi connectivity index (χ1v) is 11.2. The van der Waals surface area contributed by atoms with Gasteiger partial charge in [-0.05, 0) is 56.2 Å². The van der Waals surface area contributed by atoms with Crippen molar-refractivity contribution in [3.05, 3.63) is 83.4 Å². The molecule has 0 fully saturated rings. The summed E-state index contributed by atoms with van der Waals surface area (Å²) >= 11 is 1.30. The standard InChI is InChI=1S/C25H24N4O2S/c1-16-13-17(2)23(18(3)14-16)26-22(31)15-32-25-28-27-24(20-11-7-8-12-21(20)30)29(25)19-9-5-4-6-10-19/h4-14,30H,15H2,1-3H3,(H,26,31). The second-order valence-corrected chi connectivity index (χ2v) is 8.55. The van der Waals surface area contributed by atoms with Crippen molar-refractivity contribution in [1.82, 2.24) is 14.8 Å². The molecule has 3 aromatic carbocycles. The van der Waals surface area contributed by atoms with Gasteiger partial charge in [-0.3, -0.25) is 9.36 Å². The first kappa shape index (κ1) is 21.6. The Morgan fingerprint density at radius 2 is 1.62 bits per heavy atom. The maximum atomic E-state index is 12.7. The number of nitrogens with zero attached hydrogens (tertiary/aromatic N) is 3. The number of aromatic nitrogens is 3. The molecule has 1 heterocycles. The molecule has 0 bridgehead atoms.